The van der Waals surface area contributed by atoms with Gasteiger partial charge in [-0.1, -0.05) is 115 Å². The Hall–Kier alpha value is -7.86. The summed E-state index contributed by atoms with van der Waals surface area (Å²) >= 11 is 0. The second kappa shape index (κ2) is 11.8. The smallest absolute Gasteiger partial charge is 0.102 e. The van der Waals surface area contributed by atoms with Gasteiger partial charge in [0.15, 0.2) is 0 Å². The summed E-state index contributed by atoms with van der Waals surface area (Å²) in [4.78, 5) is 0. The van der Waals surface area contributed by atoms with E-state index in [9.17, 15) is 10.5 Å². The first-order valence-electron chi connectivity index (χ1n) is 18.3. The summed E-state index contributed by atoms with van der Waals surface area (Å²) in [5.74, 6) is 0. The predicted molar refractivity (Wildman–Crippen MR) is 224 cm³/mol. The number of aromatic nitrogens is 3. The molecule has 0 N–H and O–H groups in total. The molecule has 0 fully saturated rings. The molecule has 254 valence electrons. The van der Waals surface area contributed by atoms with Gasteiger partial charge < -0.3 is 13.7 Å². The van der Waals surface area contributed by atoms with E-state index in [2.05, 4.69) is 159 Å². The summed E-state index contributed by atoms with van der Waals surface area (Å²) < 4.78 is 6.83. The van der Waals surface area contributed by atoms with Gasteiger partial charge in [0, 0.05) is 49.1 Å². The van der Waals surface area contributed by atoms with Crippen molar-refractivity contribution in [2.75, 3.05) is 0 Å². The molecule has 11 aromatic rings. The van der Waals surface area contributed by atoms with Crippen molar-refractivity contribution in [3.05, 3.63) is 187 Å². The largest absolute Gasteiger partial charge is 0.309 e. The Morgan fingerprint density at radius 3 is 1.51 bits per heavy atom. The normalized spacial score (nSPS) is 11.6. The van der Waals surface area contributed by atoms with Crippen molar-refractivity contribution in [2.24, 2.45) is 0 Å². The predicted octanol–water partition coefficient (Wildman–Crippen LogP) is 12.4. The van der Waals surface area contributed by atoms with E-state index in [1.54, 1.807) is 0 Å². The maximum atomic E-state index is 11.2. The fourth-order valence-electron chi connectivity index (χ4n) is 8.90. The highest BCUT2D eigenvalue weighted by molar-refractivity contribution is 6.14. The number of rotatable bonds is 4. The van der Waals surface area contributed by atoms with Crippen molar-refractivity contribution in [1.82, 2.24) is 13.7 Å². The van der Waals surface area contributed by atoms with Gasteiger partial charge in [0.1, 0.15) is 6.07 Å². The molecule has 0 amide bonds. The number of hydrogen-bond acceptors (Lipinski definition) is 2. The third kappa shape index (κ3) is 4.33. The fraction of sp³-hybridized carbons (Fsp3) is 0. The van der Waals surface area contributed by atoms with Crippen molar-refractivity contribution in [3.8, 4) is 40.3 Å². The zero-order valence-corrected chi connectivity index (χ0v) is 29.5. The maximum Gasteiger partial charge on any atom is 0.102 e. The number of nitrogens with zero attached hydrogens (tertiary/aromatic N) is 5. The monoisotopic (exact) mass is 699 g/mol. The van der Waals surface area contributed by atoms with Gasteiger partial charge in [-0.25, -0.2) is 0 Å². The van der Waals surface area contributed by atoms with Gasteiger partial charge in [-0.3, -0.25) is 0 Å². The molecule has 0 atom stereocenters. The zero-order valence-electron chi connectivity index (χ0n) is 29.5. The van der Waals surface area contributed by atoms with Crippen LogP contribution >= 0.6 is 0 Å². The summed E-state index contributed by atoms with van der Waals surface area (Å²) in [6.45, 7) is 0. The van der Waals surface area contributed by atoms with Crippen LogP contribution in [0, 0.1) is 22.7 Å². The lowest BCUT2D eigenvalue weighted by atomic mass is 9.96. The van der Waals surface area contributed by atoms with Gasteiger partial charge in [0.2, 0.25) is 0 Å². The van der Waals surface area contributed by atoms with E-state index in [-0.39, 0.29) is 0 Å². The minimum Gasteiger partial charge on any atom is -0.309 e. The molecule has 3 heterocycles. The minimum atomic E-state index is 0.582. The molecule has 0 saturated heterocycles. The highest BCUT2D eigenvalue weighted by Crippen LogP contribution is 2.41. The van der Waals surface area contributed by atoms with E-state index in [4.69, 9.17) is 0 Å². The van der Waals surface area contributed by atoms with Gasteiger partial charge >= 0.3 is 0 Å². The summed E-state index contributed by atoms with van der Waals surface area (Å²) in [6, 6.07) is 65.9. The molecule has 0 aliphatic carbocycles. The molecule has 0 aliphatic rings. The van der Waals surface area contributed by atoms with Crippen molar-refractivity contribution < 1.29 is 0 Å². The number of nitriles is 2. The average molecular weight is 700 g/mol. The lowest BCUT2D eigenvalue weighted by molar-refractivity contribution is 1.15. The number of hydrogen-bond donors (Lipinski definition) is 0. The fourth-order valence-corrected chi connectivity index (χ4v) is 8.90. The molecular weight excluding hydrogens is 671 g/mol. The van der Waals surface area contributed by atoms with Crippen LogP contribution in [0.3, 0.4) is 0 Å². The molecule has 0 bridgehead atoms. The van der Waals surface area contributed by atoms with E-state index in [0.29, 0.717) is 11.1 Å². The summed E-state index contributed by atoms with van der Waals surface area (Å²) in [5, 5.41) is 27.9. The summed E-state index contributed by atoms with van der Waals surface area (Å²) in [6.07, 6.45) is 0. The first kappa shape index (κ1) is 30.7. The maximum absolute atomic E-state index is 11.2. The van der Waals surface area contributed by atoms with Gasteiger partial charge in [0.05, 0.1) is 61.7 Å². The lowest BCUT2D eigenvalue weighted by Gasteiger charge is -2.18. The lowest BCUT2D eigenvalue weighted by Crippen LogP contribution is -2.02. The molecule has 3 aromatic heterocycles. The van der Waals surface area contributed by atoms with Gasteiger partial charge in [-0.15, -0.1) is 0 Å². The van der Waals surface area contributed by atoms with Crippen molar-refractivity contribution >= 4 is 65.4 Å². The zero-order chi connectivity index (χ0) is 36.6. The summed E-state index contributed by atoms with van der Waals surface area (Å²) in [5.41, 5.74) is 12.1. The van der Waals surface area contributed by atoms with Gasteiger partial charge in [-0.05, 0) is 60.7 Å². The van der Waals surface area contributed by atoms with Crippen LogP contribution in [0.15, 0.2) is 176 Å². The van der Waals surface area contributed by atoms with Crippen LogP contribution in [0.4, 0.5) is 0 Å². The highest BCUT2D eigenvalue weighted by Gasteiger charge is 2.22. The van der Waals surface area contributed by atoms with Crippen LogP contribution in [0.1, 0.15) is 11.1 Å². The molecule has 8 aromatic carbocycles. The standard InChI is InChI=1S/C50H29N5/c51-30-32-13-11-26-48-50(32)40-18-5-10-24-46(40)54(48)44-22-8-1-14-35(44)34-19-12-25-47(41(34)31-52)55-45-23-9-4-17-38(45)39-28-27-33(29-49(39)55)53-42-20-6-2-15-36(42)37-16-3-7-21-43(37)53/h1-29H. The van der Waals surface area contributed by atoms with E-state index in [1.807, 2.05) is 42.5 Å². The van der Waals surface area contributed by atoms with Crippen LogP contribution in [0.25, 0.3) is 93.6 Å². The Labute approximate surface area is 316 Å². The molecule has 0 unspecified atom stereocenters. The molecule has 5 heteroatoms. The molecule has 0 saturated carbocycles. The van der Waals surface area contributed by atoms with Crippen molar-refractivity contribution in [3.63, 3.8) is 0 Å². The van der Waals surface area contributed by atoms with Crippen molar-refractivity contribution in [2.45, 2.75) is 0 Å². The second-order valence-corrected chi connectivity index (χ2v) is 13.9. The van der Waals surface area contributed by atoms with Crippen LogP contribution in [0.2, 0.25) is 0 Å². The quantitative estimate of drug-likeness (QED) is 0.184. The molecular formula is C50H29N5. The van der Waals surface area contributed by atoms with E-state index in [0.717, 1.165) is 82.8 Å². The molecule has 0 radical (unpaired) electrons. The van der Waals surface area contributed by atoms with E-state index >= 15 is 0 Å². The van der Waals surface area contributed by atoms with Crippen LogP contribution in [0.5, 0.6) is 0 Å². The Morgan fingerprint density at radius 1 is 0.345 bits per heavy atom. The van der Waals surface area contributed by atoms with Crippen LogP contribution in [-0.4, -0.2) is 13.7 Å². The Morgan fingerprint density at radius 2 is 0.836 bits per heavy atom. The third-order valence-electron chi connectivity index (χ3n) is 11.1. The first-order valence-corrected chi connectivity index (χ1v) is 18.3. The van der Waals surface area contributed by atoms with E-state index in [1.165, 1.54) is 10.8 Å². The van der Waals surface area contributed by atoms with Gasteiger partial charge in [0.25, 0.3) is 0 Å². The molecule has 11 rings (SSSR count). The third-order valence-corrected chi connectivity index (χ3v) is 11.1. The second-order valence-electron chi connectivity index (χ2n) is 13.9. The SMILES string of the molecule is N#Cc1c(-c2ccccc2-n2c3ccccc3c3c(C#N)cccc32)cccc1-n1c2ccccc2c2ccc(-n3c4ccccc4c4ccccc43)cc21. The average Bonchev–Trinajstić information content (AvgIpc) is 3.89. The summed E-state index contributed by atoms with van der Waals surface area (Å²) in [7, 11) is 0. The molecule has 5 nitrogen and oxygen atoms in total. The molecule has 55 heavy (non-hydrogen) atoms. The van der Waals surface area contributed by atoms with Crippen LogP contribution in [-0.2, 0) is 0 Å². The number of fused-ring (bicyclic) bond motifs is 9. The van der Waals surface area contributed by atoms with Crippen molar-refractivity contribution in [1.29, 1.82) is 10.5 Å². The molecule has 0 aliphatic heterocycles. The Kier molecular flexibility index (Phi) is 6.61. The van der Waals surface area contributed by atoms with Crippen LogP contribution < -0.4 is 0 Å². The Balaban J connectivity index is 1.18. The number of para-hydroxylation sites is 5. The molecule has 0 spiro atoms. The topological polar surface area (TPSA) is 62.4 Å². The number of benzene rings is 8. The minimum absolute atomic E-state index is 0.582. The highest BCUT2D eigenvalue weighted by atomic mass is 15.0. The Bertz CT molecular complexity index is 3420. The van der Waals surface area contributed by atoms with Gasteiger partial charge in [-0.2, -0.15) is 10.5 Å². The first-order chi connectivity index (χ1) is 27.2. The van der Waals surface area contributed by atoms with E-state index < -0.39 is 0 Å².